The molecule has 1 amide bonds. The number of hydrogen-bond acceptors (Lipinski definition) is 5. The van der Waals surface area contributed by atoms with Gasteiger partial charge in [0.05, 0.1) is 0 Å². The number of hydrogen-bond donors (Lipinski definition) is 1. The number of carbonyl (C=O) groups excluding carboxylic acids is 1. The maximum atomic E-state index is 13.9. The van der Waals surface area contributed by atoms with Gasteiger partial charge in [-0.25, -0.2) is 14.4 Å². The van der Waals surface area contributed by atoms with E-state index in [9.17, 15) is 9.18 Å². The second-order valence-electron chi connectivity index (χ2n) is 6.17. The molecule has 0 spiro atoms. The van der Waals surface area contributed by atoms with Crippen LogP contribution in [0.25, 0.3) is 11.4 Å². The smallest absolute Gasteiger partial charge is 0.267 e. The molecule has 0 aliphatic heterocycles. The number of amides is 1. The third kappa shape index (κ3) is 4.81. The van der Waals surface area contributed by atoms with Gasteiger partial charge in [0.2, 0.25) is 0 Å². The molecule has 0 aliphatic rings. The van der Waals surface area contributed by atoms with E-state index in [1.54, 1.807) is 36.4 Å². The molecule has 0 bridgehead atoms. The number of primary amides is 1. The molecular weight excluding hydrogens is 395 g/mol. The number of aromatic nitrogens is 2. The number of rotatable bonds is 7. The van der Waals surface area contributed by atoms with E-state index in [1.165, 1.54) is 12.1 Å². The predicted molar refractivity (Wildman–Crippen MR) is 111 cm³/mol. The summed E-state index contributed by atoms with van der Waals surface area (Å²) in [5, 5.41) is 0.292. The molecule has 1 aromatic heterocycles. The number of anilines is 1. The zero-order chi connectivity index (χ0) is 21.0. The summed E-state index contributed by atoms with van der Waals surface area (Å²) >= 11 is 5.75. The topological polar surface area (TPSA) is 81.3 Å². The first kappa shape index (κ1) is 20.5. The summed E-state index contributed by atoms with van der Waals surface area (Å²) < 4.78 is 19.5. The minimum Gasteiger partial charge on any atom is -0.454 e. The van der Waals surface area contributed by atoms with Crippen LogP contribution in [0, 0.1) is 5.82 Å². The summed E-state index contributed by atoms with van der Waals surface area (Å²) in [6.45, 7) is 5.45. The Bertz CT molecular complexity index is 1020. The van der Waals surface area contributed by atoms with Crippen LogP contribution in [0.2, 0.25) is 5.02 Å². The molecule has 0 unspecified atom stereocenters. The molecule has 0 atom stereocenters. The summed E-state index contributed by atoms with van der Waals surface area (Å²) in [5.74, 6) is 0.316. The van der Waals surface area contributed by atoms with Crippen molar-refractivity contribution in [1.29, 1.82) is 0 Å². The maximum absolute atomic E-state index is 13.9. The van der Waals surface area contributed by atoms with Gasteiger partial charge in [0.25, 0.3) is 5.91 Å². The van der Waals surface area contributed by atoms with E-state index in [-0.39, 0.29) is 11.4 Å². The van der Waals surface area contributed by atoms with E-state index in [0.717, 1.165) is 13.1 Å². The van der Waals surface area contributed by atoms with Crippen LogP contribution in [0.15, 0.2) is 48.5 Å². The Kier molecular flexibility index (Phi) is 6.29. The van der Waals surface area contributed by atoms with Crippen LogP contribution in [0.1, 0.15) is 24.3 Å². The summed E-state index contributed by atoms with van der Waals surface area (Å²) in [4.78, 5) is 22.5. The Hall–Kier alpha value is -3.19. The molecule has 150 valence electrons. The molecule has 6 nitrogen and oxygen atoms in total. The van der Waals surface area contributed by atoms with Crippen molar-refractivity contribution in [2.45, 2.75) is 13.8 Å². The second-order valence-corrected chi connectivity index (χ2v) is 6.61. The largest absolute Gasteiger partial charge is 0.454 e. The number of nitrogens with two attached hydrogens (primary N) is 1. The fraction of sp³-hybridized carbons (Fsp3) is 0.190. The average Bonchev–Trinajstić information content (AvgIpc) is 2.71. The molecule has 0 fully saturated rings. The van der Waals surface area contributed by atoms with E-state index in [2.05, 4.69) is 9.97 Å². The van der Waals surface area contributed by atoms with Gasteiger partial charge in [0.15, 0.2) is 17.4 Å². The Balaban J connectivity index is 1.91. The zero-order valence-corrected chi connectivity index (χ0v) is 16.8. The molecule has 0 radical (unpaired) electrons. The van der Waals surface area contributed by atoms with Crippen LogP contribution in [0.3, 0.4) is 0 Å². The molecule has 8 heteroatoms. The van der Waals surface area contributed by atoms with Crippen molar-refractivity contribution in [3.63, 3.8) is 0 Å². The molecule has 3 aromatic rings. The van der Waals surface area contributed by atoms with Gasteiger partial charge in [-0.05, 0) is 56.3 Å². The normalized spacial score (nSPS) is 10.6. The third-order valence-corrected chi connectivity index (χ3v) is 4.52. The van der Waals surface area contributed by atoms with Crippen molar-refractivity contribution in [1.82, 2.24) is 9.97 Å². The number of halogens is 2. The standard InChI is InChI=1S/C21H20ClFN4O2/c1-3-27(4-2)19-12-17(20(24)28)25-21(26-19)13-5-8-15(9-6-13)29-18-10-7-14(22)11-16(18)23/h5-12H,3-4H2,1-2H3,(H2,24,28). The van der Waals surface area contributed by atoms with Gasteiger partial charge in [0, 0.05) is 29.7 Å². The monoisotopic (exact) mass is 414 g/mol. The van der Waals surface area contributed by atoms with E-state index in [1.807, 2.05) is 18.7 Å². The van der Waals surface area contributed by atoms with E-state index >= 15 is 0 Å². The van der Waals surface area contributed by atoms with Crippen LogP contribution in [-0.2, 0) is 0 Å². The lowest BCUT2D eigenvalue weighted by atomic mass is 10.2. The first-order valence-corrected chi connectivity index (χ1v) is 9.46. The quantitative estimate of drug-likeness (QED) is 0.607. The first-order valence-electron chi connectivity index (χ1n) is 9.08. The highest BCUT2D eigenvalue weighted by Gasteiger charge is 2.14. The van der Waals surface area contributed by atoms with E-state index < -0.39 is 11.7 Å². The first-order chi connectivity index (χ1) is 13.9. The molecule has 0 aliphatic carbocycles. The van der Waals surface area contributed by atoms with Crippen molar-refractivity contribution < 1.29 is 13.9 Å². The van der Waals surface area contributed by atoms with Crippen molar-refractivity contribution >= 4 is 23.3 Å². The Morgan fingerprint density at radius 1 is 1.10 bits per heavy atom. The fourth-order valence-electron chi connectivity index (χ4n) is 2.76. The molecule has 2 aromatic carbocycles. The third-order valence-electron chi connectivity index (χ3n) is 4.29. The highest BCUT2D eigenvalue weighted by molar-refractivity contribution is 6.30. The minimum atomic E-state index is -0.625. The number of carbonyl (C=O) groups is 1. The Morgan fingerprint density at radius 2 is 1.79 bits per heavy atom. The van der Waals surface area contributed by atoms with Crippen LogP contribution in [-0.4, -0.2) is 29.0 Å². The van der Waals surface area contributed by atoms with E-state index in [0.29, 0.717) is 28.0 Å². The Morgan fingerprint density at radius 3 is 2.38 bits per heavy atom. The number of ether oxygens (including phenoxy) is 1. The van der Waals surface area contributed by atoms with Crippen LogP contribution < -0.4 is 15.4 Å². The van der Waals surface area contributed by atoms with Gasteiger partial charge in [-0.2, -0.15) is 0 Å². The minimum absolute atomic E-state index is 0.0675. The van der Waals surface area contributed by atoms with E-state index in [4.69, 9.17) is 22.1 Å². The summed E-state index contributed by atoms with van der Waals surface area (Å²) in [6, 6.07) is 12.6. The molecule has 3 rings (SSSR count). The van der Waals surface area contributed by atoms with Gasteiger partial charge in [-0.1, -0.05) is 11.6 Å². The molecule has 0 saturated heterocycles. The molecule has 0 saturated carbocycles. The van der Waals surface area contributed by atoms with Crippen molar-refractivity contribution in [2.75, 3.05) is 18.0 Å². The highest BCUT2D eigenvalue weighted by atomic mass is 35.5. The lowest BCUT2D eigenvalue weighted by Crippen LogP contribution is -2.24. The molecule has 1 heterocycles. The lowest BCUT2D eigenvalue weighted by Gasteiger charge is -2.20. The lowest BCUT2D eigenvalue weighted by molar-refractivity contribution is 0.0995. The predicted octanol–water partition coefficient (Wildman–Crippen LogP) is 4.67. The second kappa shape index (κ2) is 8.87. The van der Waals surface area contributed by atoms with Crippen molar-refractivity contribution in [3.8, 4) is 22.9 Å². The van der Waals surface area contributed by atoms with Crippen molar-refractivity contribution in [2.24, 2.45) is 5.73 Å². The maximum Gasteiger partial charge on any atom is 0.267 e. The molecule has 29 heavy (non-hydrogen) atoms. The highest BCUT2D eigenvalue weighted by Crippen LogP contribution is 2.28. The van der Waals surface area contributed by atoms with Crippen LogP contribution in [0.5, 0.6) is 11.5 Å². The van der Waals surface area contributed by atoms with Gasteiger partial charge < -0.3 is 15.4 Å². The van der Waals surface area contributed by atoms with Gasteiger partial charge in [-0.3, -0.25) is 4.79 Å². The van der Waals surface area contributed by atoms with Gasteiger partial charge in [0.1, 0.15) is 17.3 Å². The number of benzene rings is 2. The van der Waals surface area contributed by atoms with Gasteiger partial charge >= 0.3 is 0 Å². The van der Waals surface area contributed by atoms with Gasteiger partial charge in [-0.15, -0.1) is 0 Å². The molecule has 2 N–H and O–H groups in total. The average molecular weight is 415 g/mol. The summed E-state index contributed by atoms with van der Waals surface area (Å²) in [5.41, 5.74) is 6.25. The number of nitrogens with zero attached hydrogens (tertiary/aromatic N) is 3. The van der Waals surface area contributed by atoms with Crippen LogP contribution >= 0.6 is 11.6 Å². The van der Waals surface area contributed by atoms with Crippen LogP contribution in [0.4, 0.5) is 10.2 Å². The fourth-order valence-corrected chi connectivity index (χ4v) is 2.92. The zero-order valence-electron chi connectivity index (χ0n) is 16.0. The summed E-state index contributed by atoms with van der Waals surface area (Å²) in [6.07, 6.45) is 0. The summed E-state index contributed by atoms with van der Waals surface area (Å²) in [7, 11) is 0. The van der Waals surface area contributed by atoms with Crippen molar-refractivity contribution in [3.05, 3.63) is 65.1 Å². The Labute approximate surface area is 173 Å². The molecular formula is C21H20ClFN4O2. The SMILES string of the molecule is CCN(CC)c1cc(C(N)=O)nc(-c2ccc(Oc3ccc(Cl)cc3F)cc2)n1.